The summed E-state index contributed by atoms with van der Waals surface area (Å²) in [5.74, 6) is 0. The molecule has 0 atom stereocenters. The summed E-state index contributed by atoms with van der Waals surface area (Å²) in [7, 11) is -2.28. The first-order valence-electron chi connectivity index (χ1n) is 6.56. The van der Waals surface area contributed by atoms with Gasteiger partial charge in [0.25, 0.3) is 0 Å². The van der Waals surface area contributed by atoms with Crippen LogP contribution in [0.4, 0.5) is 5.69 Å². The molecule has 8 heteroatoms. The Hall–Kier alpha value is -0.860. The van der Waals surface area contributed by atoms with Crippen molar-refractivity contribution in [2.24, 2.45) is 0 Å². The summed E-state index contributed by atoms with van der Waals surface area (Å²) in [5.41, 5.74) is 4.79. The first-order chi connectivity index (χ1) is 9.74. The maximum atomic E-state index is 12.5. The second-order valence-electron chi connectivity index (χ2n) is 5.28. The lowest BCUT2D eigenvalue weighted by Gasteiger charge is -2.35. The van der Waals surface area contributed by atoms with Crippen molar-refractivity contribution in [1.29, 1.82) is 0 Å². The van der Waals surface area contributed by atoms with E-state index in [0.717, 1.165) is 4.31 Å². The minimum atomic E-state index is -3.72. The van der Waals surface area contributed by atoms with E-state index in [1.54, 1.807) is 0 Å². The fraction of sp³-hybridized carbons (Fsp3) is 0.538. The Balaban J connectivity index is 2.20. The van der Waals surface area contributed by atoms with Crippen LogP contribution in [0.2, 0.25) is 5.02 Å². The van der Waals surface area contributed by atoms with Crippen LogP contribution in [0.3, 0.4) is 0 Å². The van der Waals surface area contributed by atoms with Gasteiger partial charge in [-0.15, -0.1) is 0 Å². The Kier molecular flexibility index (Phi) is 4.79. The van der Waals surface area contributed by atoms with E-state index >= 15 is 0 Å². The van der Waals surface area contributed by atoms with Gasteiger partial charge >= 0.3 is 0 Å². The number of likely N-dealkylation sites (N-methyl/N-ethyl adjacent to an activating group) is 1. The lowest BCUT2D eigenvalue weighted by Crippen LogP contribution is -2.47. The van der Waals surface area contributed by atoms with Gasteiger partial charge in [-0.25, -0.2) is 8.42 Å². The maximum absolute atomic E-state index is 12.5. The Labute approximate surface area is 129 Å². The predicted molar refractivity (Wildman–Crippen MR) is 80.7 cm³/mol. The summed E-state index contributed by atoms with van der Waals surface area (Å²) in [6.45, 7) is 0.873. The number of ether oxygens (including phenoxy) is 1. The van der Waals surface area contributed by atoms with Crippen LogP contribution in [-0.4, -0.2) is 50.2 Å². The van der Waals surface area contributed by atoms with Gasteiger partial charge in [0, 0.05) is 39.6 Å². The fourth-order valence-electron chi connectivity index (χ4n) is 2.27. The van der Waals surface area contributed by atoms with Gasteiger partial charge in [-0.05, 0) is 18.2 Å². The number of hydrogen-bond acceptors (Lipinski definition) is 5. The van der Waals surface area contributed by atoms with Gasteiger partial charge in [-0.2, -0.15) is 4.31 Å². The van der Waals surface area contributed by atoms with E-state index in [4.69, 9.17) is 22.1 Å². The zero-order valence-electron chi connectivity index (χ0n) is 11.8. The molecule has 1 aliphatic rings. The standard InChI is InChI=1S/C13H19ClN2O4S/c1-16(9-13(17)4-6-20-7-5-13)21(18,19)10-2-3-11(14)12(15)8-10/h2-3,8,17H,4-7,9,15H2,1H3. The Bertz CT molecular complexity index is 615. The molecule has 118 valence electrons. The van der Waals surface area contributed by atoms with Crippen LogP contribution in [-0.2, 0) is 14.8 Å². The largest absolute Gasteiger partial charge is 0.397 e. The van der Waals surface area contributed by atoms with Crippen LogP contribution in [0.15, 0.2) is 23.1 Å². The van der Waals surface area contributed by atoms with Crippen LogP contribution < -0.4 is 5.73 Å². The van der Waals surface area contributed by atoms with Crippen LogP contribution in [0, 0.1) is 0 Å². The van der Waals surface area contributed by atoms with Gasteiger partial charge in [-0.3, -0.25) is 0 Å². The van der Waals surface area contributed by atoms with Gasteiger partial charge in [0.1, 0.15) is 0 Å². The number of anilines is 1. The summed E-state index contributed by atoms with van der Waals surface area (Å²) >= 11 is 5.80. The van der Waals surface area contributed by atoms with Gasteiger partial charge < -0.3 is 15.6 Å². The Morgan fingerprint density at radius 2 is 2.05 bits per heavy atom. The molecule has 21 heavy (non-hydrogen) atoms. The fourth-order valence-corrected chi connectivity index (χ4v) is 3.67. The van der Waals surface area contributed by atoms with E-state index in [2.05, 4.69) is 0 Å². The number of rotatable bonds is 4. The first kappa shape index (κ1) is 16.5. The van der Waals surface area contributed by atoms with Crippen molar-refractivity contribution >= 4 is 27.3 Å². The number of aliphatic hydroxyl groups is 1. The Morgan fingerprint density at radius 3 is 2.62 bits per heavy atom. The number of nitrogens with two attached hydrogens (primary N) is 1. The van der Waals surface area contributed by atoms with Crippen LogP contribution >= 0.6 is 11.6 Å². The highest BCUT2D eigenvalue weighted by molar-refractivity contribution is 7.89. The van der Waals surface area contributed by atoms with Crippen molar-refractivity contribution in [3.05, 3.63) is 23.2 Å². The molecule has 1 aliphatic heterocycles. The molecule has 0 bridgehead atoms. The molecule has 0 saturated carbocycles. The first-order valence-corrected chi connectivity index (χ1v) is 8.38. The second kappa shape index (κ2) is 6.10. The summed E-state index contributed by atoms with van der Waals surface area (Å²) in [6.07, 6.45) is 0.825. The normalized spacial score (nSPS) is 18.9. The summed E-state index contributed by atoms with van der Waals surface area (Å²) in [4.78, 5) is 0.0579. The highest BCUT2D eigenvalue weighted by Crippen LogP contribution is 2.27. The molecule has 1 aromatic carbocycles. The van der Waals surface area contributed by atoms with E-state index in [9.17, 15) is 13.5 Å². The van der Waals surface area contributed by atoms with Crippen LogP contribution in [0.1, 0.15) is 12.8 Å². The number of nitrogens with zero attached hydrogens (tertiary/aromatic N) is 1. The Morgan fingerprint density at radius 1 is 1.43 bits per heavy atom. The third-order valence-corrected chi connectivity index (χ3v) is 5.76. The zero-order chi connectivity index (χ0) is 15.7. The molecule has 0 unspecified atom stereocenters. The summed E-state index contributed by atoms with van der Waals surface area (Å²) in [5, 5.41) is 10.7. The van der Waals surface area contributed by atoms with Crippen LogP contribution in [0.25, 0.3) is 0 Å². The molecule has 1 heterocycles. The number of sulfonamides is 1. The topological polar surface area (TPSA) is 92.9 Å². The molecule has 2 rings (SSSR count). The van der Waals surface area contributed by atoms with Crippen molar-refractivity contribution in [3.8, 4) is 0 Å². The summed E-state index contributed by atoms with van der Waals surface area (Å²) in [6, 6.07) is 4.17. The molecular formula is C13H19ClN2O4S. The molecule has 6 nitrogen and oxygen atoms in total. The second-order valence-corrected chi connectivity index (χ2v) is 7.73. The molecule has 0 radical (unpaired) electrons. The molecule has 0 aliphatic carbocycles. The molecule has 1 fully saturated rings. The van der Waals surface area contributed by atoms with Crippen molar-refractivity contribution in [3.63, 3.8) is 0 Å². The average Bonchev–Trinajstić information content (AvgIpc) is 2.42. The molecule has 3 N–H and O–H groups in total. The van der Waals surface area contributed by atoms with E-state index in [0.29, 0.717) is 31.1 Å². The van der Waals surface area contributed by atoms with Gasteiger partial charge in [0.2, 0.25) is 10.0 Å². The highest BCUT2D eigenvalue weighted by Gasteiger charge is 2.35. The van der Waals surface area contributed by atoms with Crippen molar-refractivity contribution in [1.82, 2.24) is 4.31 Å². The van der Waals surface area contributed by atoms with E-state index in [1.807, 2.05) is 0 Å². The maximum Gasteiger partial charge on any atom is 0.242 e. The SMILES string of the molecule is CN(CC1(O)CCOCC1)S(=O)(=O)c1ccc(Cl)c(N)c1. The zero-order valence-corrected chi connectivity index (χ0v) is 13.3. The highest BCUT2D eigenvalue weighted by atomic mass is 35.5. The lowest BCUT2D eigenvalue weighted by atomic mass is 9.95. The van der Waals surface area contributed by atoms with E-state index in [1.165, 1.54) is 25.2 Å². The van der Waals surface area contributed by atoms with Crippen molar-refractivity contribution in [2.45, 2.75) is 23.3 Å². The van der Waals surface area contributed by atoms with Gasteiger partial charge in [-0.1, -0.05) is 11.6 Å². The minimum absolute atomic E-state index is 0.0151. The lowest BCUT2D eigenvalue weighted by molar-refractivity contribution is -0.0689. The van der Waals surface area contributed by atoms with Crippen molar-refractivity contribution in [2.75, 3.05) is 32.5 Å². The number of nitrogen functional groups attached to an aromatic ring is 1. The minimum Gasteiger partial charge on any atom is -0.397 e. The van der Waals surface area contributed by atoms with Gasteiger partial charge in [0.05, 0.1) is 21.2 Å². The van der Waals surface area contributed by atoms with E-state index in [-0.39, 0.29) is 17.1 Å². The molecule has 1 saturated heterocycles. The smallest absolute Gasteiger partial charge is 0.242 e. The number of hydrogen-bond donors (Lipinski definition) is 2. The summed E-state index contributed by atoms with van der Waals surface area (Å²) < 4.78 is 31.3. The predicted octanol–water partition coefficient (Wildman–Crippen LogP) is 1.08. The van der Waals surface area contributed by atoms with Crippen LogP contribution in [0.5, 0.6) is 0 Å². The van der Waals surface area contributed by atoms with E-state index < -0.39 is 15.6 Å². The molecular weight excluding hydrogens is 316 g/mol. The monoisotopic (exact) mass is 334 g/mol. The average molecular weight is 335 g/mol. The van der Waals surface area contributed by atoms with Crippen molar-refractivity contribution < 1.29 is 18.3 Å². The van der Waals surface area contributed by atoms with Gasteiger partial charge in [0.15, 0.2) is 0 Å². The number of halogens is 1. The molecule has 0 aromatic heterocycles. The molecule has 1 aromatic rings. The quantitative estimate of drug-likeness (QED) is 0.804. The third-order valence-electron chi connectivity index (χ3n) is 3.62. The molecule has 0 spiro atoms. The molecule has 0 amide bonds. The third kappa shape index (κ3) is 3.67. The number of benzene rings is 1.